The molecule has 3 unspecified atom stereocenters. The Balaban J connectivity index is 2.12. The van der Waals surface area contributed by atoms with Crippen molar-refractivity contribution in [2.75, 3.05) is 6.54 Å². The highest BCUT2D eigenvalue weighted by atomic mass is 16.1. The first-order valence-corrected chi connectivity index (χ1v) is 5.16. The first kappa shape index (κ1) is 10.5. The second-order valence-electron chi connectivity index (χ2n) is 4.12. The van der Waals surface area contributed by atoms with E-state index in [1.165, 1.54) is 12.8 Å². The fraction of sp³-hybridized carbons (Fsp3) is 0.900. The Kier molecular flexibility index (Phi) is 3.72. The molecule has 0 saturated heterocycles. The van der Waals surface area contributed by atoms with E-state index in [1.807, 2.05) is 6.92 Å². The van der Waals surface area contributed by atoms with Gasteiger partial charge in [0.2, 0.25) is 5.91 Å². The summed E-state index contributed by atoms with van der Waals surface area (Å²) in [5.41, 5.74) is 5.44. The maximum atomic E-state index is 11.4. The Labute approximate surface area is 80.1 Å². The maximum absolute atomic E-state index is 11.4. The predicted molar refractivity (Wildman–Crippen MR) is 53.2 cm³/mol. The van der Waals surface area contributed by atoms with Crippen molar-refractivity contribution in [2.45, 2.75) is 39.2 Å². The third kappa shape index (κ3) is 3.35. The van der Waals surface area contributed by atoms with Crippen molar-refractivity contribution in [3.63, 3.8) is 0 Å². The molecule has 76 valence electrons. The summed E-state index contributed by atoms with van der Waals surface area (Å²) in [6.07, 6.45) is 2.92. The fourth-order valence-electron chi connectivity index (χ4n) is 1.54. The molecule has 0 heterocycles. The van der Waals surface area contributed by atoms with E-state index in [9.17, 15) is 4.79 Å². The van der Waals surface area contributed by atoms with Crippen molar-refractivity contribution < 1.29 is 4.79 Å². The number of hydrogen-bond acceptors (Lipinski definition) is 2. The lowest BCUT2D eigenvalue weighted by Crippen LogP contribution is -2.29. The van der Waals surface area contributed by atoms with Crippen molar-refractivity contribution in [3.8, 4) is 0 Å². The molecule has 0 bridgehead atoms. The van der Waals surface area contributed by atoms with Crippen LogP contribution >= 0.6 is 0 Å². The van der Waals surface area contributed by atoms with Crippen molar-refractivity contribution in [1.82, 2.24) is 5.32 Å². The summed E-state index contributed by atoms with van der Waals surface area (Å²) in [5, 5.41) is 3.03. The van der Waals surface area contributed by atoms with Gasteiger partial charge in [0.25, 0.3) is 0 Å². The van der Waals surface area contributed by atoms with Crippen LogP contribution < -0.4 is 11.1 Å². The molecule has 0 aromatic heterocycles. The van der Waals surface area contributed by atoms with Gasteiger partial charge in [0, 0.05) is 12.5 Å². The smallest absolute Gasteiger partial charge is 0.220 e. The summed E-state index contributed by atoms with van der Waals surface area (Å²) in [7, 11) is 0. The summed E-state index contributed by atoms with van der Waals surface area (Å²) in [4.78, 5) is 11.4. The Morgan fingerprint density at radius 1 is 1.69 bits per heavy atom. The Bertz CT molecular complexity index is 182. The number of carbonyl (C=O) groups excluding carboxylic acids is 1. The lowest BCUT2D eigenvalue weighted by Gasteiger charge is -2.08. The first-order valence-electron chi connectivity index (χ1n) is 5.16. The monoisotopic (exact) mass is 184 g/mol. The van der Waals surface area contributed by atoms with Crippen LogP contribution in [0.25, 0.3) is 0 Å². The SMILES string of the molecule is CCC1CC1NC(=O)CC(C)CN. The van der Waals surface area contributed by atoms with E-state index in [4.69, 9.17) is 5.73 Å². The van der Waals surface area contributed by atoms with E-state index >= 15 is 0 Å². The minimum absolute atomic E-state index is 0.166. The highest BCUT2D eigenvalue weighted by Gasteiger charge is 2.36. The van der Waals surface area contributed by atoms with Crippen molar-refractivity contribution >= 4 is 5.91 Å². The molecule has 1 amide bonds. The van der Waals surface area contributed by atoms with E-state index < -0.39 is 0 Å². The van der Waals surface area contributed by atoms with Crippen LogP contribution in [0.2, 0.25) is 0 Å². The van der Waals surface area contributed by atoms with Gasteiger partial charge in [0.1, 0.15) is 0 Å². The zero-order chi connectivity index (χ0) is 9.84. The van der Waals surface area contributed by atoms with Gasteiger partial charge >= 0.3 is 0 Å². The van der Waals surface area contributed by atoms with Crippen LogP contribution in [0.4, 0.5) is 0 Å². The summed E-state index contributed by atoms with van der Waals surface area (Å²) >= 11 is 0. The molecular formula is C10H20N2O. The summed E-state index contributed by atoms with van der Waals surface area (Å²) in [6.45, 7) is 4.76. The molecule has 0 aromatic carbocycles. The largest absolute Gasteiger partial charge is 0.353 e. The van der Waals surface area contributed by atoms with Gasteiger partial charge in [-0.2, -0.15) is 0 Å². The lowest BCUT2D eigenvalue weighted by atomic mass is 10.1. The molecule has 3 N–H and O–H groups in total. The first-order chi connectivity index (χ1) is 6.17. The van der Waals surface area contributed by atoms with Gasteiger partial charge in [-0.15, -0.1) is 0 Å². The zero-order valence-electron chi connectivity index (χ0n) is 8.55. The number of rotatable bonds is 5. The molecule has 0 aromatic rings. The third-order valence-corrected chi connectivity index (χ3v) is 2.73. The molecule has 0 radical (unpaired) electrons. The molecular weight excluding hydrogens is 164 g/mol. The quantitative estimate of drug-likeness (QED) is 0.666. The second kappa shape index (κ2) is 4.61. The van der Waals surface area contributed by atoms with Crippen LogP contribution in [-0.2, 0) is 4.79 Å². The third-order valence-electron chi connectivity index (χ3n) is 2.73. The molecule has 1 aliphatic rings. The van der Waals surface area contributed by atoms with Crippen molar-refractivity contribution in [3.05, 3.63) is 0 Å². The van der Waals surface area contributed by atoms with Crippen LogP contribution in [0.1, 0.15) is 33.1 Å². The number of carbonyl (C=O) groups is 1. The van der Waals surface area contributed by atoms with E-state index in [2.05, 4.69) is 12.2 Å². The van der Waals surface area contributed by atoms with E-state index in [-0.39, 0.29) is 5.91 Å². The zero-order valence-corrected chi connectivity index (χ0v) is 8.55. The number of nitrogens with two attached hydrogens (primary N) is 1. The molecule has 1 saturated carbocycles. The van der Waals surface area contributed by atoms with E-state index in [1.54, 1.807) is 0 Å². The van der Waals surface area contributed by atoms with Crippen LogP contribution in [0.5, 0.6) is 0 Å². The molecule has 0 spiro atoms. The number of hydrogen-bond donors (Lipinski definition) is 2. The number of amides is 1. The number of nitrogens with one attached hydrogen (secondary N) is 1. The normalized spacial score (nSPS) is 28.2. The Morgan fingerprint density at radius 3 is 2.85 bits per heavy atom. The van der Waals surface area contributed by atoms with Gasteiger partial charge in [0.05, 0.1) is 0 Å². The van der Waals surface area contributed by atoms with Gasteiger partial charge in [-0.25, -0.2) is 0 Å². The average Bonchev–Trinajstić information content (AvgIpc) is 2.82. The average molecular weight is 184 g/mol. The van der Waals surface area contributed by atoms with E-state index in [0.717, 1.165) is 5.92 Å². The topological polar surface area (TPSA) is 55.1 Å². The molecule has 13 heavy (non-hydrogen) atoms. The van der Waals surface area contributed by atoms with Gasteiger partial charge < -0.3 is 11.1 Å². The van der Waals surface area contributed by atoms with Crippen LogP contribution in [-0.4, -0.2) is 18.5 Å². The molecule has 1 rings (SSSR count). The Morgan fingerprint density at radius 2 is 2.38 bits per heavy atom. The molecule has 1 aliphatic carbocycles. The molecule has 0 aliphatic heterocycles. The Hall–Kier alpha value is -0.570. The van der Waals surface area contributed by atoms with Gasteiger partial charge in [-0.05, 0) is 24.8 Å². The van der Waals surface area contributed by atoms with Gasteiger partial charge in [0.15, 0.2) is 0 Å². The predicted octanol–water partition coefficient (Wildman–Crippen LogP) is 0.886. The molecule has 3 atom stereocenters. The van der Waals surface area contributed by atoms with Crippen LogP contribution in [0, 0.1) is 11.8 Å². The summed E-state index contributed by atoms with van der Waals surface area (Å²) in [6, 6.07) is 0.461. The molecule has 3 heteroatoms. The fourth-order valence-corrected chi connectivity index (χ4v) is 1.54. The van der Waals surface area contributed by atoms with Gasteiger partial charge in [-0.3, -0.25) is 4.79 Å². The van der Waals surface area contributed by atoms with Crippen LogP contribution in [0.3, 0.4) is 0 Å². The maximum Gasteiger partial charge on any atom is 0.220 e. The minimum atomic E-state index is 0.166. The van der Waals surface area contributed by atoms with Crippen molar-refractivity contribution in [1.29, 1.82) is 0 Å². The van der Waals surface area contributed by atoms with Crippen molar-refractivity contribution in [2.24, 2.45) is 17.6 Å². The summed E-state index contributed by atoms with van der Waals surface area (Å²) < 4.78 is 0. The summed E-state index contributed by atoms with van der Waals surface area (Å²) in [5.74, 6) is 1.20. The molecule has 1 fully saturated rings. The lowest BCUT2D eigenvalue weighted by molar-refractivity contribution is -0.122. The second-order valence-corrected chi connectivity index (χ2v) is 4.12. The minimum Gasteiger partial charge on any atom is -0.353 e. The van der Waals surface area contributed by atoms with E-state index in [0.29, 0.717) is 24.9 Å². The van der Waals surface area contributed by atoms with Gasteiger partial charge in [-0.1, -0.05) is 20.3 Å². The standard InChI is InChI=1S/C10H20N2O/c1-3-8-5-9(8)12-10(13)4-7(2)6-11/h7-9H,3-6,11H2,1-2H3,(H,12,13). The highest BCUT2D eigenvalue weighted by Crippen LogP contribution is 2.33. The van der Waals surface area contributed by atoms with Crippen LogP contribution in [0.15, 0.2) is 0 Å². The molecule has 3 nitrogen and oxygen atoms in total. The highest BCUT2D eigenvalue weighted by molar-refractivity contribution is 5.76.